The van der Waals surface area contributed by atoms with Crippen LogP contribution in [0.2, 0.25) is 0 Å². The van der Waals surface area contributed by atoms with E-state index in [2.05, 4.69) is 48.9 Å². The van der Waals surface area contributed by atoms with Crippen LogP contribution in [-0.2, 0) is 6.54 Å². The normalized spacial score (nSPS) is 21.5. The van der Waals surface area contributed by atoms with Crippen molar-refractivity contribution < 1.29 is 4.39 Å². The van der Waals surface area contributed by atoms with Gasteiger partial charge in [-0.2, -0.15) is 0 Å². The Morgan fingerprint density at radius 1 is 1.24 bits per heavy atom. The first-order valence-corrected chi connectivity index (χ1v) is 6.74. The summed E-state index contributed by atoms with van der Waals surface area (Å²) in [6.45, 7) is 9.78. The van der Waals surface area contributed by atoms with Crippen molar-refractivity contribution >= 4 is 15.9 Å². The van der Waals surface area contributed by atoms with Gasteiger partial charge in [0.2, 0.25) is 0 Å². The Bertz CT molecular complexity index is 426. The summed E-state index contributed by atoms with van der Waals surface area (Å²) in [4.78, 5) is 0. The van der Waals surface area contributed by atoms with Crippen LogP contribution < -0.4 is 5.32 Å². The average molecular weight is 300 g/mol. The number of hydrogen-bond donors (Lipinski definition) is 1. The summed E-state index contributed by atoms with van der Waals surface area (Å²) in [5.74, 6) is -0.196. The number of benzene rings is 1. The van der Waals surface area contributed by atoms with Crippen LogP contribution in [0.3, 0.4) is 0 Å². The maximum Gasteiger partial charge on any atom is 0.137 e. The average Bonchev–Trinajstić information content (AvgIpc) is 2.61. The molecule has 0 bridgehead atoms. The van der Waals surface area contributed by atoms with Crippen LogP contribution in [0.1, 0.15) is 33.3 Å². The van der Waals surface area contributed by atoms with Gasteiger partial charge >= 0.3 is 0 Å². The zero-order chi connectivity index (χ0) is 12.8. The smallest absolute Gasteiger partial charge is 0.137 e. The van der Waals surface area contributed by atoms with Gasteiger partial charge in [-0.3, -0.25) is 0 Å². The minimum atomic E-state index is -0.196. The molecule has 0 heterocycles. The summed E-state index contributed by atoms with van der Waals surface area (Å²) in [6.07, 6.45) is 0. The fourth-order valence-electron chi connectivity index (χ4n) is 2.60. The second-order valence-corrected chi connectivity index (χ2v) is 6.76. The second-order valence-electron chi connectivity index (χ2n) is 5.97. The van der Waals surface area contributed by atoms with E-state index in [1.54, 1.807) is 6.07 Å². The minimum absolute atomic E-state index is 0.196. The Labute approximate surface area is 111 Å². The van der Waals surface area contributed by atoms with Gasteiger partial charge in [0.1, 0.15) is 5.82 Å². The Kier molecular flexibility index (Phi) is 3.11. The van der Waals surface area contributed by atoms with Crippen LogP contribution in [0.4, 0.5) is 4.39 Å². The highest BCUT2D eigenvalue weighted by Crippen LogP contribution is 2.62. The highest BCUT2D eigenvalue weighted by molar-refractivity contribution is 9.10. The van der Waals surface area contributed by atoms with E-state index in [0.717, 1.165) is 5.56 Å². The molecule has 17 heavy (non-hydrogen) atoms. The fraction of sp³-hybridized carbons (Fsp3) is 0.571. The first kappa shape index (κ1) is 13.0. The van der Waals surface area contributed by atoms with Crippen molar-refractivity contribution in [2.75, 3.05) is 0 Å². The molecule has 0 atom stereocenters. The summed E-state index contributed by atoms with van der Waals surface area (Å²) in [6, 6.07) is 5.66. The first-order valence-electron chi connectivity index (χ1n) is 5.95. The van der Waals surface area contributed by atoms with Gasteiger partial charge < -0.3 is 5.32 Å². The fourth-order valence-corrected chi connectivity index (χ4v) is 3.01. The van der Waals surface area contributed by atoms with E-state index in [9.17, 15) is 4.39 Å². The van der Waals surface area contributed by atoms with E-state index in [-0.39, 0.29) is 5.82 Å². The minimum Gasteiger partial charge on any atom is -0.309 e. The predicted octanol–water partition coefficient (Wildman–Crippen LogP) is 4.11. The molecule has 1 aromatic carbocycles. The van der Waals surface area contributed by atoms with E-state index in [0.29, 0.717) is 27.9 Å². The quantitative estimate of drug-likeness (QED) is 0.885. The Balaban J connectivity index is 2.03. The molecule has 1 nitrogen and oxygen atoms in total. The molecular formula is C14H19BrFN. The SMILES string of the molecule is CC1(C)C(NCc2cccc(F)c2Br)C1(C)C. The summed E-state index contributed by atoms with van der Waals surface area (Å²) >= 11 is 3.29. The van der Waals surface area contributed by atoms with Gasteiger partial charge in [0.15, 0.2) is 0 Å². The Morgan fingerprint density at radius 2 is 1.82 bits per heavy atom. The molecule has 3 heteroatoms. The molecule has 0 spiro atoms. The molecule has 1 fully saturated rings. The van der Waals surface area contributed by atoms with Gasteiger partial charge in [-0.05, 0) is 38.4 Å². The van der Waals surface area contributed by atoms with Crippen molar-refractivity contribution in [3.8, 4) is 0 Å². The number of hydrogen-bond acceptors (Lipinski definition) is 1. The van der Waals surface area contributed by atoms with Crippen molar-refractivity contribution in [2.24, 2.45) is 10.8 Å². The highest BCUT2D eigenvalue weighted by atomic mass is 79.9. The lowest BCUT2D eigenvalue weighted by Gasteiger charge is -2.08. The van der Waals surface area contributed by atoms with Crippen molar-refractivity contribution in [3.63, 3.8) is 0 Å². The topological polar surface area (TPSA) is 12.0 Å². The summed E-state index contributed by atoms with van der Waals surface area (Å²) < 4.78 is 13.9. The largest absolute Gasteiger partial charge is 0.309 e. The second kappa shape index (κ2) is 4.06. The van der Waals surface area contributed by atoms with E-state index >= 15 is 0 Å². The molecule has 1 aliphatic rings. The van der Waals surface area contributed by atoms with Gasteiger partial charge in [-0.25, -0.2) is 4.39 Å². The first-order chi connectivity index (χ1) is 7.78. The summed E-state index contributed by atoms with van der Waals surface area (Å²) in [7, 11) is 0. The molecule has 0 saturated heterocycles. The highest BCUT2D eigenvalue weighted by Gasteiger charge is 2.64. The van der Waals surface area contributed by atoms with Crippen LogP contribution in [0.15, 0.2) is 22.7 Å². The molecule has 0 aromatic heterocycles. The lowest BCUT2D eigenvalue weighted by Crippen LogP contribution is -2.22. The molecule has 0 radical (unpaired) electrons. The van der Waals surface area contributed by atoms with Crippen LogP contribution in [0.25, 0.3) is 0 Å². The van der Waals surface area contributed by atoms with Crippen molar-refractivity contribution in [1.29, 1.82) is 0 Å². The van der Waals surface area contributed by atoms with E-state index in [1.165, 1.54) is 6.07 Å². The molecule has 1 aromatic rings. The molecule has 0 amide bonds. The Morgan fingerprint density at radius 3 is 2.35 bits per heavy atom. The van der Waals surface area contributed by atoms with Crippen molar-refractivity contribution in [2.45, 2.75) is 40.3 Å². The van der Waals surface area contributed by atoms with Gasteiger partial charge in [-0.1, -0.05) is 39.8 Å². The van der Waals surface area contributed by atoms with Crippen LogP contribution >= 0.6 is 15.9 Å². The molecule has 0 unspecified atom stereocenters. The molecule has 0 aliphatic heterocycles. The molecule has 1 N–H and O–H groups in total. The van der Waals surface area contributed by atoms with Gasteiger partial charge in [0.05, 0.1) is 4.47 Å². The molecule has 94 valence electrons. The van der Waals surface area contributed by atoms with E-state index in [1.807, 2.05) is 6.07 Å². The van der Waals surface area contributed by atoms with Gasteiger partial charge in [0, 0.05) is 12.6 Å². The van der Waals surface area contributed by atoms with Crippen molar-refractivity contribution in [3.05, 3.63) is 34.1 Å². The molecular weight excluding hydrogens is 281 g/mol. The van der Waals surface area contributed by atoms with E-state index < -0.39 is 0 Å². The van der Waals surface area contributed by atoms with Gasteiger partial charge in [-0.15, -0.1) is 0 Å². The van der Waals surface area contributed by atoms with E-state index in [4.69, 9.17) is 0 Å². The maximum absolute atomic E-state index is 13.3. The van der Waals surface area contributed by atoms with Crippen molar-refractivity contribution in [1.82, 2.24) is 5.32 Å². The zero-order valence-corrected chi connectivity index (χ0v) is 12.4. The van der Waals surface area contributed by atoms with Crippen LogP contribution in [-0.4, -0.2) is 6.04 Å². The predicted molar refractivity (Wildman–Crippen MR) is 72.3 cm³/mol. The number of nitrogens with one attached hydrogen (secondary N) is 1. The summed E-state index contributed by atoms with van der Waals surface area (Å²) in [5, 5.41) is 3.52. The third-order valence-electron chi connectivity index (χ3n) is 4.55. The number of rotatable bonds is 3. The zero-order valence-electron chi connectivity index (χ0n) is 10.8. The molecule has 1 aliphatic carbocycles. The summed E-state index contributed by atoms with van der Waals surface area (Å²) in [5.41, 5.74) is 1.60. The lowest BCUT2D eigenvalue weighted by molar-refractivity contribution is 0.457. The monoisotopic (exact) mass is 299 g/mol. The van der Waals surface area contributed by atoms with Crippen LogP contribution in [0, 0.1) is 16.6 Å². The third kappa shape index (κ3) is 2.04. The lowest BCUT2D eigenvalue weighted by atomic mass is 10.0. The standard InChI is InChI=1S/C14H19BrFN/c1-13(2)12(14(13,3)4)17-8-9-6-5-7-10(16)11(9)15/h5-7,12,17H,8H2,1-4H3. The number of halogens is 2. The Hall–Kier alpha value is -0.410. The molecule has 1 saturated carbocycles. The molecule has 2 rings (SSSR count). The van der Waals surface area contributed by atoms with Gasteiger partial charge in [0.25, 0.3) is 0 Å². The maximum atomic E-state index is 13.3. The third-order valence-corrected chi connectivity index (χ3v) is 5.44. The van der Waals surface area contributed by atoms with Crippen LogP contribution in [0.5, 0.6) is 0 Å².